The third-order valence-electron chi connectivity index (χ3n) is 2.91. The number of alkyl halides is 3. The van der Waals surface area contributed by atoms with Gasteiger partial charge in [-0.3, -0.25) is 14.8 Å². The minimum absolute atomic E-state index is 0.0335. The molecule has 1 amide bonds. The smallest absolute Gasteiger partial charge is 0.292 e. The van der Waals surface area contributed by atoms with Crippen LogP contribution in [0.3, 0.4) is 0 Å². The zero-order valence-electron chi connectivity index (χ0n) is 10.8. The average molecular weight is 283 g/mol. The molecule has 1 N–H and O–H groups in total. The highest BCUT2D eigenvalue weighted by molar-refractivity contribution is 5.97. The molecule has 0 unspecified atom stereocenters. The van der Waals surface area contributed by atoms with Crippen LogP contribution in [-0.4, -0.2) is 29.3 Å². The summed E-state index contributed by atoms with van der Waals surface area (Å²) in [5.41, 5.74) is 1.76. The highest BCUT2D eigenvalue weighted by atomic mass is 19.4. The molecule has 1 heterocycles. The number of anilines is 1. The van der Waals surface area contributed by atoms with Crippen molar-refractivity contribution in [2.24, 2.45) is 0 Å². The quantitative estimate of drug-likeness (QED) is 0.921. The van der Waals surface area contributed by atoms with Crippen molar-refractivity contribution >= 4 is 11.7 Å². The molecule has 0 bridgehead atoms. The Hall–Kier alpha value is -2.31. The minimum atomic E-state index is -4.92. The van der Waals surface area contributed by atoms with E-state index in [-0.39, 0.29) is 5.82 Å². The van der Waals surface area contributed by atoms with Gasteiger partial charge in [0, 0.05) is 18.2 Å². The minimum Gasteiger partial charge on any atom is -0.292 e. The van der Waals surface area contributed by atoms with Crippen LogP contribution in [0.2, 0.25) is 0 Å². The summed E-state index contributed by atoms with van der Waals surface area (Å²) >= 11 is 0. The standard InChI is InChI=1S/C13H12F3N3O/c1-8-10(9-6-4-3-5-7-9)17-18-11(8)19(2)12(20)13(14,15)16/h3-7H,1-2H3,(H,17,18). The number of aromatic amines is 1. The van der Waals surface area contributed by atoms with Gasteiger partial charge in [-0.15, -0.1) is 0 Å². The first-order valence-corrected chi connectivity index (χ1v) is 5.77. The average Bonchev–Trinajstić information content (AvgIpc) is 2.79. The van der Waals surface area contributed by atoms with E-state index >= 15 is 0 Å². The molecule has 0 aliphatic rings. The molecule has 106 valence electrons. The lowest BCUT2D eigenvalue weighted by Crippen LogP contribution is -2.39. The fraction of sp³-hybridized carbons (Fsp3) is 0.231. The Kier molecular flexibility index (Phi) is 3.52. The molecule has 2 rings (SSSR count). The molecule has 0 spiro atoms. The molecule has 0 saturated carbocycles. The second-order valence-corrected chi connectivity index (χ2v) is 4.27. The Morgan fingerprint density at radius 3 is 2.40 bits per heavy atom. The van der Waals surface area contributed by atoms with Crippen LogP contribution in [0.1, 0.15) is 5.56 Å². The van der Waals surface area contributed by atoms with Crippen LogP contribution < -0.4 is 4.90 Å². The molecule has 0 aliphatic heterocycles. The number of halogens is 3. The van der Waals surface area contributed by atoms with Crippen molar-refractivity contribution < 1.29 is 18.0 Å². The van der Waals surface area contributed by atoms with Gasteiger partial charge in [-0.05, 0) is 6.92 Å². The molecule has 0 aliphatic carbocycles. The van der Waals surface area contributed by atoms with E-state index in [1.165, 1.54) is 0 Å². The zero-order chi connectivity index (χ0) is 14.9. The number of carbonyl (C=O) groups excluding carboxylic acids is 1. The SMILES string of the molecule is Cc1c(-c2ccccc2)n[nH]c1N(C)C(=O)C(F)(F)F. The number of benzene rings is 1. The van der Waals surface area contributed by atoms with Crippen LogP contribution >= 0.6 is 0 Å². The predicted molar refractivity (Wildman–Crippen MR) is 68.2 cm³/mol. The van der Waals surface area contributed by atoms with Crippen molar-refractivity contribution in [2.75, 3.05) is 11.9 Å². The lowest BCUT2D eigenvalue weighted by Gasteiger charge is -2.17. The summed E-state index contributed by atoms with van der Waals surface area (Å²) in [5, 5.41) is 6.47. The highest BCUT2D eigenvalue weighted by Crippen LogP contribution is 2.29. The van der Waals surface area contributed by atoms with E-state index in [0.717, 1.165) is 12.6 Å². The van der Waals surface area contributed by atoms with Crippen molar-refractivity contribution in [1.82, 2.24) is 10.2 Å². The maximum atomic E-state index is 12.4. The number of carbonyl (C=O) groups is 1. The van der Waals surface area contributed by atoms with Gasteiger partial charge in [0.25, 0.3) is 0 Å². The van der Waals surface area contributed by atoms with Crippen molar-refractivity contribution in [1.29, 1.82) is 0 Å². The molecule has 0 saturated heterocycles. The maximum absolute atomic E-state index is 12.4. The lowest BCUT2D eigenvalue weighted by atomic mass is 10.1. The van der Waals surface area contributed by atoms with Crippen molar-refractivity contribution in [3.05, 3.63) is 35.9 Å². The Labute approximate surface area is 113 Å². The number of hydrogen-bond donors (Lipinski definition) is 1. The van der Waals surface area contributed by atoms with Crippen LogP contribution in [0.25, 0.3) is 11.3 Å². The first kappa shape index (κ1) is 14.1. The number of nitrogens with zero attached hydrogens (tertiary/aromatic N) is 2. The van der Waals surface area contributed by atoms with Gasteiger partial charge < -0.3 is 0 Å². The number of amides is 1. The van der Waals surface area contributed by atoms with Crippen LogP contribution in [0, 0.1) is 6.92 Å². The van der Waals surface area contributed by atoms with Gasteiger partial charge >= 0.3 is 12.1 Å². The topological polar surface area (TPSA) is 49.0 Å². The zero-order valence-corrected chi connectivity index (χ0v) is 10.8. The number of aromatic nitrogens is 2. The lowest BCUT2D eigenvalue weighted by molar-refractivity contribution is -0.170. The van der Waals surface area contributed by atoms with Crippen LogP contribution in [0.4, 0.5) is 19.0 Å². The summed E-state index contributed by atoms with van der Waals surface area (Å²) in [6, 6.07) is 9.00. The van der Waals surface area contributed by atoms with Gasteiger partial charge in [0.1, 0.15) is 5.82 Å². The predicted octanol–water partition coefficient (Wildman–Crippen LogP) is 2.91. The fourth-order valence-electron chi connectivity index (χ4n) is 1.88. The molecule has 1 aromatic carbocycles. The number of rotatable bonds is 2. The number of nitrogens with one attached hydrogen (secondary N) is 1. The molecule has 20 heavy (non-hydrogen) atoms. The van der Waals surface area contributed by atoms with Gasteiger partial charge in [0.2, 0.25) is 0 Å². The summed E-state index contributed by atoms with van der Waals surface area (Å²) < 4.78 is 37.3. The molecule has 0 fully saturated rings. The second-order valence-electron chi connectivity index (χ2n) is 4.27. The molecule has 7 heteroatoms. The Balaban J connectivity index is 2.37. The maximum Gasteiger partial charge on any atom is 0.471 e. The second kappa shape index (κ2) is 4.99. The van der Waals surface area contributed by atoms with E-state index in [2.05, 4.69) is 10.2 Å². The van der Waals surface area contributed by atoms with E-state index in [4.69, 9.17) is 0 Å². The summed E-state index contributed by atoms with van der Waals surface area (Å²) in [4.78, 5) is 11.7. The summed E-state index contributed by atoms with van der Waals surface area (Å²) in [6.07, 6.45) is -4.92. The van der Waals surface area contributed by atoms with Crippen LogP contribution in [0.5, 0.6) is 0 Å². The number of hydrogen-bond acceptors (Lipinski definition) is 2. The summed E-state index contributed by atoms with van der Waals surface area (Å²) in [7, 11) is 1.06. The van der Waals surface area contributed by atoms with Gasteiger partial charge in [0.05, 0.1) is 5.69 Å². The van der Waals surface area contributed by atoms with Crippen molar-refractivity contribution in [2.45, 2.75) is 13.1 Å². The van der Waals surface area contributed by atoms with E-state index < -0.39 is 12.1 Å². The van der Waals surface area contributed by atoms with Gasteiger partial charge in [-0.25, -0.2) is 0 Å². The fourth-order valence-corrected chi connectivity index (χ4v) is 1.88. The van der Waals surface area contributed by atoms with E-state index in [9.17, 15) is 18.0 Å². The number of H-pyrrole nitrogens is 1. The summed E-state index contributed by atoms with van der Waals surface area (Å²) in [6.45, 7) is 1.61. The molecular weight excluding hydrogens is 271 g/mol. The molecule has 2 aromatic rings. The van der Waals surface area contributed by atoms with Crippen LogP contribution in [-0.2, 0) is 4.79 Å². The van der Waals surface area contributed by atoms with Crippen molar-refractivity contribution in [3.8, 4) is 11.3 Å². The monoisotopic (exact) mass is 283 g/mol. The van der Waals surface area contributed by atoms with Gasteiger partial charge in [0.15, 0.2) is 0 Å². The highest BCUT2D eigenvalue weighted by Gasteiger charge is 2.42. The Morgan fingerprint density at radius 2 is 1.85 bits per heavy atom. The largest absolute Gasteiger partial charge is 0.471 e. The summed E-state index contributed by atoms with van der Waals surface area (Å²) in [5.74, 6) is -1.91. The van der Waals surface area contributed by atoms with E-state index in [1.54, 1.807) is 31.2 Å². The van der Waals surface area contributed by atoms with Crippen LogP contribution in [0.15, 0.2) is 30.3 Å². The molecule has 0 atom stereocenters. The molecule has 1 aromatic heterocycles. The molecular formula is C13H12F3N3O. The van der Waals surface area contributed by atoms with E-state index in [0.29, 0.717) is 16.2 Å². The van der Waals surface area contributed by atoms with Gasteiger partial charge in [-0.1, -0.05) is 30.3 Å². The molecule has 4 nitrogen and oxygen atoms in total. The Morgan fingerprint density at radius 1 is 1.25 bits per heavy atom. The van der Waals surface area contributed by atoms with Crippen molar-refractivity contribution in [3.63, 3.8) is 0 Å². The Bertz CT molecular complexity index is 620. The van der Waals surface area contributed by atoms with Gasteiger partial charge in [-0.2, -0.15) is 18.3 Å². The third kappa shape index (κ3) is 2.52. The molecule has 0 radical (unpaired) electrons. The normalized spacial score (nSPS) is 11.4. The first-order chi connectivity index (χ1) is 9.32. The first-order valence-electron chi connectivity index (χ1n) is 5.77. The van der Waals surface area contributed by atoms with E-state index in [1.807, 2.05) is 6.07 Å². The third-order valence-corrected chi connectivity index (χ3v) is 2.91.